The zero-order valence-corrected chi connectivity index (χ0v) is 25.8. The monoisotopic (exact) mass is 667 g/mol. The van der Waals surface area contributed by atoms with E-state index < -0.39 is 21.2 Å². The molecule has 1 saturated heterocycles. The van der Waals surface area contributed by atoms with Gasteiger partial charge in [0, 0.05) is 31.1 Å². The Kier molecular flexibility index (Phi) is 10.8. The second-order valence-electron chi connectivity index (χ2n) is 8.16. The number of aromatic nitrogens is 1. The third-order valence-electron chi connectivity index (χ3n) is 5.60. The smallest absolute Gasteiger partial charge is 0.322 e. The summed E-state index contributed by atoms with van der Waals surface area (Å²) < 4.78 is 0.443. The summed E-state index contributed by atoms with van der Waals surface area (Å²) in [6.45, 7) is 2.42. The minimum atomic E-state index is -1.39. The van der Waals surface area contributed by atoms with Gasteiger partial charge in [0.2, 0.25) is 5.91 Å². The van der Waals surface area contributed by atoms with Gasteiger partial charge in [0.25, 0.3) is 0 Å². The second-order valence-corrected chi connectivity index (χ2v) is 14.6. The number of rotatable bonds is 14. The molecule has 14 nitrogen and oxygen atoms in total. The maximum Gasteiger partial charge on any atom is 0.322 e. The van der Waals surface area contributed by atoms with E-state index >= 15 is 0 Å². The van der Waals surface area contributed by atoms with Gasteiger partial charge >= 0.3 is 11.7 Å². The molecule has 0 aromatic carbocycles. The van der Waals surface area contributed by atoms with Crippen molar-refractivity contribution in [2.75, 3.05) is 49.8 Å². The minimum Gasteiger partial charge on any atom is -0.543 e. The number of hydrogen-bond donors (Lipinski definition) is 5. The van der Waals surface area contributed by atoms with Crippen molar-refractivity contribution in [2.24, 2.45) is 5.16 Å². The highest BCUT2D eigenvalue weighted by atomic mass is 35.5. The van der Waals surface area contributed by atoms with Gasteiger partial charge in [-0.2, -0.15) is 15.4 Å². The molecule has 4 heterocycles. The molecule has 0 aliphatic carbocycles. The van der Waals surface area contributed by atoms with Crippen molar-refractivity contribution in [3.63, 3.8) is 0 Å². The summed E-state index contributed by atoms with van der Waals surface area (Å²) >= 11 is 13.0. The number of nitrogens with two attached hydrogens (primary N) is 1. The number of fused-ring (bicyclic) bond motifs is 1. The molecule has 1 fully saturated rings. The number of β-lactam (4-membered cyclic amide) rings is 1. The molecule has 3 aliphatic heterocycles. The average Bonchev–Trinajstić information content (AvgIpc) is 3.44. The molecular formula is C20H26ClN9O5S5. The number of oxime groups is 1. The van der Waals surface area contributed by atoms with E-state index in [2.05, 4.69) is 26.2 Å². The zero-order chi connectivity index (χ0) is 28.9. The summed E-state index contributed by atoms with van der Waals surface area (Å²) in [7, 11) is 1.88. The highest BCUT2D eigenvalue weighted by Crippen LogP contribution is 2.54. The maximum atomic E-state index is 13.0. The quantitative estimate of drug-likeness (QED) is 0.0339. The molecule has 2 amide bonds. The normalized spacial score (nSPS) is 24.1. The lowest BCUT2D eigenvalue weighted by atomic mass is 10.1. The number of nitrogen functional groups attached to an aromatic ring is 1. The van der Waals surface area contributed by atoms with Crippen molar-refractivity contribution >= 4 is 105 Å². The molecule has 1 aromatic heterocycles. The van der Waals surface area contributed by atoms with Gasteiger partial charge < -0.3 is 31.5 Å². The van der Waals surface area contributed by atoms with Crippen molar-refractivity contribution in [3.05, 3.63) is 26.5 Å². The molecule has 1 unspecified atom stereocenters. The van der Waals surface area contributed by atoms with Crippen LogP contribution >= 0.6 is 70.2 Å². The molecular weight excluding hydrogens is 642 g/mol. The van der Waals surface area contributed by atoms with Crippen LogP contribution in [-0.2, 0) is 14.4 Å². The Morgan fingerprint density at radius 1 is 1.43 bits per heavy atom. The maximum absolute atomic E-state index is 13.0. The first-order valence-electron chi connectivity index (χ1n) is 11.7. The van der Waals surface area contributed by atoms with Crippen LogP contribution in [0.5, 0.6) is 0 Å². The van der Waals surface area contributed by atoms with Crippen LogP contribution < -0.4 is 31.0 Å². The van der Waals surface area contributed by atoms with Crippen LogP contribution in [0.2, 0.25) is 4.34 Å². The number of anilines is 1. The number of thiazole rings is 1. The largest absolute Gasteiger partial charge is 0.543 e. The molecule has 4 rings (SSSR count). The lowest BCUT2D eigenvalue weighted by molar-refractivity contribution is -0.301. The van der Waals surface area contributed by atoms with Crippen molar-refractivity contribution < 1.29 is 24.7 Å². The second kappa shape index (κ2) is 13.9. The first-order valence-corrected chi connectivity index (χ1v) is 16.7. The average molecular weight is 668 g/mol. The van der Waals surface area contributed by atoms with Crippen LogP contribution in [0.25, 0.3) is 0 Å². The van der Waals surface area contributed by atoms with Crippen LogP contribution in [0.1, 0.15) is 0 Å². The van der Waals surface area contributed by atoms with Gasteiger partial charge in [-0.25, -0.2) is 0 Å². The van der Waals surface area contributed by atoms with E-state index in [4.69, 9.17) is 22.5 Å². The first kappa shape index (κ1) is 31.1. The predicted octanol–water partition coefficient (Wildman–Crippen LogP) is 0.00530. The van der Waals surface area contributed by atoms with E-state index in [0.29, 0.717) is 22.1 Å². The molecule has 0 spiro atoms. The fourth-order valence-corrected chi connectivity index (χ4v) is 10.1. The van der Waals surface area contributed by atoms with Gasteiger partial charge in [0.1, 0.15) is 27.0 Å². The number of quaternary nitrogens is 1. The molecule has 0 bridgehead atoms. The number of hydrogen-bond acceptors (Lipinski definition) is 16. The number of halogens is 1. The topological polar surface area (TPSA) is 188 Å². The van der Waals surface area contributed by atoms with Crippen molar-refractivity contribution in [3.8, 4) is 0 Å². The zero-order valence-electron chi connectivity index (χ0n) is 20.9. The van der Waals surface area contributed by atoms with E-state index in [1.165, 1.54) is 34.5 Å². The number of carboxylic acid groups (broad SMARTS) is 1. The number of nitrogens with one attached hydrogen (secondary N) is 3. The SMILES string of the molecule is CNCCNCCSCN1C=C(S[C@@H]2C(=O)N3C(C(=O)[O-])=CCS[C@@H]23)S[N+]1(NC(=O)C=NO)c1nc(N)sc1Cl. The summed E-state index contributed by atoms with van der Waals surface area (Å²) in [4.78, 5) is 42.8. The number of likely N-dealkylation sites (N-methyl/N-ethyl adjacent to an activating group) is 1. The molecule has 0 saturated carbocycles. The lowest BCUT2D eigenvalue weighted by Crippen LogP contribution is -2.64. The predicted molar refractivity (Wildman–Crippen MR) is 161 cm³/mol. The Balaban J connectivity index is 1.57. The van der Waals surface area contributed by atoms with Crippen molar-refractivity contribution in [1.82, 2.24) is 35.1 Å². The number of carbonyl (C=O) groups is 3. The molecule has 0 radical (unpaired) electrons. The molecule has 218 valence electrons. The van der Waals surface area contributed by atoms with E-state index in [9.17, 15) is 19.5 Å². The number of carboxylic acids is 1. The van der Waals surface area contributed by atoms with E-state index in [1.807, 2.05) is 7.05 Å². The van der Waals surface area contributed by atoms with Crippen LogP contribution in [-0.4, -0.2) is 98.8 Å². The van der Waals surface area contributed by atoms with Crippen molar-refractivity contribution in [2.45, 2.75) is 10.6 Å². The Bertz CT molecular complexity index is 1230. The molecule has 3 aliphatic rings. The van der Waals surface area contributed by atoms with Gasteiger partial charge in [0.05, 0.1) is 17.9 Å². The van der Waals surface area contributed by atoms with Gasteiger partial charge in [-0.3, -0.25) is 14.5 Å². The third kappa shape index (κ3) is 6.62. The highest BCUT2D eigenvalue weighted by Gasteiger charge is 2.56. The first-order chi connectivity index (χ1) is 19.2. The summed E-state index contributed by atoms with van der Waals surface area (Å²) in [6.07, 6.45) is 3.98. The highest BCUT2D eigenvalue weighted by molar-refractivity contribution is 8.23. The molecule has 20 heteroatoms. The van der Waals surface area contributed by atoms with Crippen LogP contribution in [0.15, 0.2) is 27.4 Å². The fraction of sp³-hybridized carbons (Fsp3) is 0.450. The van der Waals surface area contributed by atoms with E-state index in [-0.39, 0.29) is 32.3 Å². The van der Waals surface area contributed by atoms with Gasteiger partial charge in [-0.1, -0.05) is 39.9 Å². The molecule has 6 N–H and O–H groups in total. The summed E-state index contributed by atoms with van der Waals surface area (Å²) in [6, 6.07) is 0. The number of aliphatic carboxylic acids is 1. The van der Waals surface area contributed by atoms with E-state index in [1.54, 1.807) is 23.0 Å². The molecule has 1 aromatic rings. The molecule has 40 heavy (non-hydrogen) atoms. The van der Waals surface area contributed by atoms with E-state index in [0.717, 1.165) is 48.7 Å². The molecule has 3 atom stereocenters. The van der Waals surface area contributed by atoms with Crippen LogP contribution in [0.3, 0.4) is 0 Å². The Morgan fingerprint density at radius 3 is 2.90 bits per heavy atom. The standard InChI is InChI=1S/C20H26ClN9O5S5/c1-23-3-4-24-5-7-36-10-28-9-13(38-14-17(32)29-11(19(33)34)2-6-37-18(14)29)40-30(28,27-12(31)8-25-35)16-15(21)39-20(22)26-16/h2,8-9,14,18,23-24H,3-7,10H2,1H3,(H4-,22,26,27,31,33,34,35)/t14-,18+,30?/m1/s1. The summed E-state index contributed by atoms with van der Waals surface area (Å²) in [5.74, 6) is -0.632. The van der Waals surface area contributed by atoms with Crippen molar-refractivity contribution in [1.29, 1.82) is 0 Å². The Hall–Kier alpha value is -1.84. The summed E-state index contributed by atoms with van der Waals surface area (Å²) in [5.41, 5.74) is 8.62. The number of thioether (sulfide) groups is 3. The van der Waals surface area contributed by atoms with Gasteiger partial charge in [-0.15, -0.1) is 23.5 Å². The number of nitrogens with zero attached hydrogens (tertiary/aromatic N) is 5. The minimum absolute atomic E-state index is 0.120. The third-order valence-corrected chi connectivity index (χ3v) is 11.5. The Morgan fingerprint density at radius 2 is 2.23 bits per heavy atom. The van der Waals surface area contributed by atoms with Gasteiger partial charge in [0.15, 0.2) is 21.4 Å². The Labute approximate surface area is 255 Å². The lowest BCUT2D eigenvalue weighted by Gasteiger charge is -2.49. The van der Waals surface area contributed by atoms with Crippen LogP contribution in [0, 0.1) is 0 Å². The van der Waals surface area contributed by atoms with Crippen LogP contribution in [0.4, 0.5) is 10.9 Å². The number of carbonyl (C=O) groups excluding carboxylic acids is 3. The fourth-order valence-electron chi connectivity index (χ4n) is 3.85. The van der Waals surface area contributed by atoms with Gasteiger partial charge in [-0.05, 0) is 17.2 Å². The summed E-state index contributed by atoms with van der Waals surface area (Å²) in [5, 5.41) is 30.7. The number of amides is 2.